The highest BCUT2D eigenvalue weighted by molar-refractivity contribution is 6.35. The maximum atomic E-state index is 12.2. The molecule has 0 spiro atoms. The summed E-state index contributed by atoms with van der Waals surface area (Å²) in [6.45, 7) is 1.72. The number of rotatable bonds is 6. The Labute approximate surface area is 206 Å². The van der Waals surface area contributed by atoms with Crippen LogP contribution in [0.2, 0.25) is 15.1 Å². The molecule has 0 fully saturated rings. The van der Waals surface area contributed by atoms with E-state index in [1.165, 1.54) is 0 Å². The van der Waals surface area contributed by atoms with Crippen molar-refractivity contribution in [1.82, 2.24) is 4.98 Å². The van der Waals surface area contributed by atoms with Gasteiger partial charge >= 0.3 is 0 Å². The smallest absolute Gasteiger partial charge is 0.236 e. The second-order valence-electron chi connectivity index (χ2n) is 7.65. The molecule has 3 N–H and O–H groups in total. The summed E-state index contributed by atoms with van der Waals surface area (Å²) in [4.78, 5) is 18.3. The number of aromatic hydroxyl groups is 1. The number of aryl methyl sites for hydroxylation is 1. The average Bonchev–Trinajstić information content (AvgIpc) is 2.79. The zero-order valence-electron chi connectivity index (χ0n) is 17.6. The zero-order chi connectivity index (χ0) is 23.7. The standard InChI is InChI=1S/C25H20Cl3N3O2/c1-14-11-15(8-9-19(14)26)31(13-22(29)32)24(17-5-2-3-7-20(17)27)18-12-21(28)16-6-4-10-30-23(16)25(18)33/h2-12,24,33H,13H2,1H3,(H2,29,32). The van der Waals surface area contributed by atoms with Crippen LogP contribution in [-0.4, -0.2) is 22.5 Å². The number of primary amides is 1. The minimum Gasteiger partial charge on any atom is -0.505 e. The number of phenols is 1. The zero-order valence-corrected chi connectivity index (χ0v) is 19.9. The van der Waals surface area contributed by atoms with Gasteiger partial charge in [0.2, 0.25) is 5.91 Å². The van der Waals surface area contributed by atoms with E-state index in [1.807, 2.05) is 31.2 Å². The van der Waals surface area contributed by atoms with Crippen molar-refractivity contribution < 1.29 is 9.90 Å². The molecule has 1 heterocycles. The van der Waals surface area contributed by atoms with Crippen molar-refractivity contribution in [2.24, 2.45) is 5.73 Å². The molecule has 4 aromatic rings. The van der Waals surface area contributed by atoms with Gasteiger partial charge in [-0.05, 0) is 60.5 Å². The number of amides is 1. The molecular formula is C25H20Cl3N3O2. The van der Waals surface area contributed by atoms with E-state index in [2.05, 4.69) is 4.98 Å². The van der Waals surface area contributed by atoms with Gasteiger partial charge in [-0.3, -0.25) is 9.78 Å². The number of pyridine rings is 1. The van der Waals surface area contributed by atoms with Gasteiger partial charge in [0.15, 0.2) is 0 Å². The number of hydrogen-bond acceptors (Lipinski definition) is 4. The first-order valence-corrected chi connectivity index (χ1v) is 11.2. The van der Waals surface area contributed by atoms with Crippen molar-refractivity contribution in [3.8, 4) is 5.75 Å². The van der Waals surface area contributed by atoms with Crippen LogP contribution in [0.4, 0.5) is 5.69 Å². The third kappa shape index (κ3) is 4.58. The number of nitrogens with zero attached hydrogens (tertiary/aromatic N) is 2. The summed E-state index contributed by atoms with van der Waals surface area (Å²) in [5.41, 5.74) is 8.60. The predicted octanol–water partition coefficient (Wildman–Crippen LogP) is 6.29. The third-order valence-electron chi connectivity index (χ3n) is 5.45. The molecule has 1 unspecified atom stereocenters. The molecule has 0 bridgehead atoms. The molecule has 0 aliphatic rings. The highest BCUT2D eigenvalue weighted by Gasteiger charge is 2.30. The van der Waals surface area contributed by atoms with E-state index in [-0.39, 0.29) is 12.3 Å². The largest absolute Gasteiger partial charge is 0.505 e. The van der Waals surface area contributed by atoms with E-state index in [0.717, 1.165) is 5.56 Å². The predicted molar refractivity (Wildman–Crippen MR) is 134 cm³/mol. The van der Waals surface area contributed by atoms with E-state index < -0.39 is 11.9 Å². The van der Waals surface area contributed by atoms with Gasteiger partial charge in [-0.2, -0.15) is 0 Å². The third-order valence-corrected chi connectivity index (χ3v) is 6.53. The van der Waals surface area contributed by atoms with Gasteiger partial charge in [0.25, 0.3) is 0 Å². The average molecular weight is 501 g/mol. The van der Waals surface area contributed by atoms with Crippen LogP contribution in [0.1, 0.15) is 22.7 Å². The summed E-state index contributed by atoms with van der Waals surface area (Å²) in [6.07, 6.45) is 1.58. The minimum absolute atomic E-state index is 0.0555. The molecule has 8 heteroatoms. The first kappa shape index (κ1) is 23.2. The number of anilines is 1. The summed E-state index contributed by atoms with van der Waals surface area (Å²) >= 11 is 19.5. The molecule has 0 radical (unpaired) electrons. The van der Waals surface area contributed by atoms with Gasteiger partial charge in [-0.25, -0.2) is 0 Å². The number of carbonyl (C=O) groups excluding carboxylic acids is 1. The quantitative estimate of drug-likeness (QED) is 0.326. The van der Waals surface area contributed by atoms with E-state index >= 15 is 0 Å². The first-order valence-electron chi connectivity index (χ1n) is 10.1. The van der Waals surface area contributed by atoms with Crippen LogP contribution in [0.3, 0.4) is 0 Å². The maximum absolute atomic E-state index is 12.2. The van der Waals surface area contributed by atoms with E-state index in [9.17, 15) is 9.90 Å². The van der Waals surface area contributed by atoms with Crippen LogP contribution in [0.15, 0.2) is 66.9 Å². The van der Waals surface area contributed by atoms with Crippen LogP contribution in [0.5, 0.6) is 5.75 Å². The second kappa shape index (κ2) is 9.48. The summed E-state index contributed by atoms with van der Waals surface area (Å²) in [6, 6.07) is 17.1. The lowest BCUT2D eigenvalue weighted by Gasteiger charge is -2.35. The van der Waals surface area contributed by atoms with Crippen molar-refractivity contribution in [1.29, 1.82) is 0 Å². The number of phenolic OH excluding ortho intramolecular Hbond substituents is 1. The van der Waals surface area contributed by atoms with Crippen LogP contribution in [-0.2, 0) is 4.79 Å². The van der Waals surface area contributed by atoms with Gasteiger partial charge in [0, 0.05) is 32.9 Å². The molecule has 0 aliphatic carbocycles. The Morgan fingerprint density at radius 2 is 1.76 bits per heavy atom. The Morgan fingerprint density at radius 1 is 1.00 bits per heavy atom. The van der Waals surface area contributed by atoms with Gasteiger partial charge in [0.1, 0.15) is 11.3 Å². The van der Waals surface area contributed by atoms with Crippen molar-refractivity contribution in [3.05, 3.63) is 98.6 Å². The Bertz CT molecular complexity index is 1360. The van der Waals surface area contributed by atoms with E-state index in [1.54, 1.807) is 47.5 Å². The van der Waals surface area contributed by atoms with Gasteiger partial charge < -0.3 is 15.7 Å². The topological polar surface area (TPSA) is 79.5 Å². The molecule has 1 atom stereocenters. The monoisotopic (exact) mass is 499 g/mol. The van der Waals surface area contributed by atoms with E-state index in [0.29, 0.717) is 42.8 Å². The van der Waals surface area contributed by atoms with Crippen molar-refractivity contribution in [2.75, 3.05) is 11.4 Å². The lowest BCUT2D eigenvalue weighted by atomic mass is 9.93. The fourth-order valence-corrected chi connectivity index (χ4v) is 4.55. The van der Waals surface area contributed by atoms with Crippen LogP contribution in [0.25, 0.3) is 10.9 Å². The number of halogens is 3. The molecule has 3 aromatic carbocycles. The van der Waals surface area contributed by atoms with Crippen molar-refractivity contribution >= 4 is 57.3 Å². The molecule has 0 saturated heterocycles. The maximum Gasteiger partial charge on any atom is 0.236 e. The summed E-state index contributed by atoms with van der Waals surface area (Å²) in [5.74, 6) is -0.607. The highest BCUT2D eigenvalue weighted by atomic mass is 35.5. The molecule has 0 aliphatic heterocycles. The fraction of sp³-hybridized carbons (Fsp3) is 0.120. The number of nitrogens with two attached hydrogens (primary N) is 1. The van der Waals surface area contributed by atoms with Gasteiger partial charge in [-0.15, -0.1) is 0 Å². The summed E-state index contributed by atoms with van der Waals surface area (Å²) < 4.78 is 0. The number of benzene rings is 3. The van der Waals surface area contributed by atoms with Gasteiger partial charge in [0.05, 0.1) is 17.6 Å². The minimum atomic E-state index is -0.698. The number of hydrogen-bond donors (Lipinski definition) is 2. The number of aromatic nitrogens is 1. The SMILES string of the molecule is Cc1cc(N(CC(N)=O)C(c2ccccc2Cl)c2cc(Cl)c3cccnc3c2O)ccc1Cl. The Kier molecular flexibility index (Phi) is 6.66. The Morgan fingerprint density at radius 3 is 2.45 bits per heavy atom. The highest BCUT2D eigenvalue weighted by Crippen LogP contribution is 2.44. The Hall–Kier alpha value is -2.99. The number of carbonyl (C=O) groups is 1. The lowest BCUT2D eigenvalue weighted by Crippen LogP contribution is -2.37. The first-order chi connectivity index (χ1) is 15.8. The molecule has 0 saturated carbocycles. The van der Waals surface area contributed by atoms with E-state index in [4.69, 9.17) is 40.5 Å². The fourth-order valence-electron chi connectivity index (χ4n) is 3.92. The van der Waals surface area contributed by atoms with Gasteiger partial charge in [-0.1, -0.05) is 53.0 Å². The summed E-state index contributed by atoms with van der Waals surface area (Å²) in [5, 5.41) is 13.4. The molecule has 4 rings (SSSR count). The van der Waals surface area contributed by atoms with Crippen LogP contribution in [0, 0.1) is 6.92 Å². The van der Waals surface area contributed by atoms with Crippen LogP contribution < -0.4 is 10.6 Å². The van der Waals surface area contributed by atoms with Crippen molar-refractivity contribution in [3.63, 3.8) is 0 Å². The van der Waals surface area contributed by atoms with Crippen molar-refractivity contribution in [2.45, 2.75) is 13.0 Å². The number of fused-ring (bicyclic) bond motifs is 1. The Balaban J connectivity index is 2.03. The molecule has 1 amide bonds. The molecule has 5 nitrogen and oxygen atoms in total. The van der Waals surface area contributed by atoms with Crippen LogP contribution >= 0.6 is 34.8 Å². The molecule has 1 aromatic heterocycles. The molecular weight excluding hydrogens is 481 g/mol. The normalized spacial score (nSPS) is 12.0. The molecule has 33 heavy (non-hydrogen) atoms. The second-order valence-corrected chi connectivity index (χ2v) is 8.87. The molecule has 168 valence electrons. The summed E-state index contributed by atoms with van der Waals surface area (Å²) in [7, 11) is 0. The lowest BCUT2D eigenvalue weighted by molar-refractivity contribution is -0.116.